The van der Waals surface area contributed by atoms with E-state index in [2.05, 4.69) is 72.9 Å². The molecule has 11 heteroatoms. The number of hydrogen-bond acceptors (Lipinski definition) is 9. The van der Waals surface area contributed by atoms with Gasteiger partial charge in [0.15, 0.2) is 11.7 Å². The zero-order valence-electron chi connectivity index (χ0n) is 30.8. The molecule has 4 rings (SSSR count). The van der Waals surface area contributed by atoms with E-state index in [0.717, 1.165) is 62.7 Å². The van der Waals surface area contributed by atoms with Gasteiger partial charge in [-0.2, -0.15) is 4.89 Å². The van der Waals surface area contributed by atoms with Crippen LogP contribution in [0.25, 0.3) is 0 Å². The Morgan fingerprint density at radius 3 is 2.19 bits per heavy atom. The van der Waals surface area contributed by atoms with Gasteiger partial charge in [-0.05, 0) is 43.1 Å². The standard InChI is InChI=1S/C37H59NO9Si/c1-33(2,3)48(8,9)45-28-20-18-19-27(23-28)36-37(47-46-36,35(6,7)26-43-36)34(4,5)25-42-22-17-15-13-11-10-12-14-16-21-31(40)44-29-24-30(39)38-32(29)41/h18-20,23,29H,10-17,21-22,24-26H2,1-9H3,(H,38,39,41). The van der Waals surface area contributed by atoms with Crippen molar-refractivity contribution in [1.82, 2.24) is 5.32 Å². The molecule has 3 heterocycles. The second-order valence-corrected chi connectivity index (χ2v) is 21.4. The van der Waals surface area contributed by atoms with Crippen molar-refractivity contribution in [3.63, 3.8) is 0 Å². The molecule has 0 spiro atoms. The van der Waals surface area contributed by atoms with Gasteiger partial charge in [0.25, 0.3) is 11.7 Å². The first kappa shape index (κ1) is 38.5. The lowest BCUT2D eigenvalue weighted by Crippen LogP contribution is -2.74. The van der Waals surface area contributed by atoms with Gasteiger partial charge in [0, 0.05) is 29.4 Å². The summed E-state index contributed by atoms with van der Waals surface area (Å²) < 4.78 is 24.6. The number of unbranched alkanes of at least 4 members (excludes halogenated alkanes) is 7. The molecule has 48 heavy (non-hydrogen) atoms. The highest BCUT2D eigenvalue weighted by Gasteiger charge is 2.82. The molecular weight excluding hydrogens is 630 g/mol. The van der Waals surface area contributed by atoms with Crippen molar-refractivity contribution in [3.8, 4) is 5.75 Å². The van der Waals surface area contributed by atoms with E-state index < -0.39 is 49.0 Å². The molecule has 3 unspecified atom stereocenters. The maximum Gasteiger partial charge on any atom is 0.306 e. The van der Waals surface area contributed by atoms with Crippen LogP contribution in [0.5, 0.6) is 5.75 Å². The molecule has 10 nitrogen and oxygen atoms in total. The van der Waals surface area contributed by atoms with E-state index >= 15 is 0 Å². The summed E-state index contributed by atoms with van der Waals surface area (Å²) in [4.78, 5) is 46.8. The van der Waals surface area contributed by atoms with Gasteiger partial charge >= 0.3 is 5.97 Å². The van der Waals surface area contributed by atoms with Gasteiger partial charge in [-0.3, -0.25) is 19.7 Å². The molecule has 1 N–H and O–H groups in total. The number of benzene rings is 1. The van der Waals surface area contributed by atoms with E-state index in [1.807, 2.05) is 18.2 Å². The highest BCUT2D eigenvalue weighted by molar-refractivity contribution is 6.74. The van der Waals surface area contributed by atoms with Crippen LogP contribution in [0.1, 0.15) is 118 Å². The Morgan fingerprint density at radius 1 is 0.958 bits per heavy atom. The van der Waals surface area contributed by atoms with Gasteiger partial charge in [0.05, 0.1) is 19.6 Å². The minimum Gasteiger partial charge on any atom is -0.543 e. The number of carbonyl (C=O) groups excluding carboxylic acids is 3. The summed E-state index contributed by atoms with van der Waals surface area (Å²) in [7, 11) is -2.04. The zero-order chi connectivity index (χ0) is 35.4. The zero-order valence-corrected chi connectivity index (χ0v) is 31.8. The van der Waals surface area contributed by atoms with Crippen LogP contribution in [0.4, 0.5) is 0 Å². The molecule has 2 amide bonds. The van der Waals surface area contributed by atoms with Gasteiger partial charge in [-0.25, -0.2) is 4.89 Å². The number of nitrogens with one attached hydrogen (secondary N) is 1. The number of carbonyl (C=O) groups is 3. The lowest BCUT2D eigenvalue weighted by atomic mass is 9.57. The van der Waals surface area contributed by atoms with Crippen LogP contribution < -0.4 is 9.74 Å². The first-order chi connectivity index (χ1) is 22.4. The number of amides is 2. The molecule has 3 aliphatic rings. The van der Waals surface area contributed by atoms with E-state index in [1.54, 1.807) is 0 Å². The normalized spacial score (nSPS) is 25.4. The molecule has 3 atom stereocenters. The van der Waals surface area contributed by atoms with Crippen LogP contribution in [0.2, 0.25) is 18.1 Å². The number of esters is 1. The third kappa shape index (κ3) is 7.85. The smallest absolute Gasteiger partial charge is 0.306 e. The van der Waals surface area contributed by atoms with Crippen LogP contribution in [0.3, 0.4) is 0 Å². The van der Waals surface area contributed by atoms with E-state index in [0.29, 0.717) is 19.8 Å². The number of ether oxygens (including phenoxy) is 3. The fourth-order valence-corrected chi connectivity index (χ4v) is 8.12. The average Bonchev–Trinajstić information content (AvgIpc) is 3.36. The molecule has 0 aliphatic carbocycles. The minimum absolute atomic E-state index is 0.0749. The fraction of sp³-hybridized carbons (Fsp3) is 0.757. The van der Waals surface area contributed by atoms with E-state index in [-0.39, 0.29) is 23.3 Å². The summed E-state index contributed by atoms with van der Waals surface area (Å²) in [6.45, 7) is 21.6. The van der Waals surface area contributed by atoms with Crippen molar-refractivity contribution in [2.24, 2.45) is 10.8 Å². The Labute approximate surface area is 288 Å². The molecule has 0 bridgehead atoms. The Hall–Kier alpha value is -2.31. The molecule has 0 aromatic heterocycles. The third-order valence-corrected chi connectivity index (χ3v) is 15.1. The Balaban J connectivity index is 1.18. The van der Waals surface area contributed by atoms with Gasteiger partial charge in [-0.15, -0.1) is 0 Å². The molecule has 1 aromatic carbocycles. The van der Waals surface area contributed by atoms with Crippen LogP contribution >= 0.6 is 0 Å². The largest absolute Gasteiger partial charge is 0.543 e. The van der Waals surface area contributed by atoms with Gasteiger partial charge < -0.3 is 18.6 Å². The SMILES string of the molecule is CC(C)(COCCCCCCCCCCC(=O)OC1CC(=O)NC1=O)C12OOC1(c1cccc(O[Si](C)(C)C(C)(C)C)c1)OCC2(C)C. The Kier molecular flexibility index (Phi) is 11.9. The minimum atomic E-state index is -2.04. The molecule has 270 valence electrons. The average molecular weight is 690 g/mol. The summed E-state index contributed by atoms with van der Waals surface area (Å²) >= 11 is 0. The van der Waals surface area contributed by atoms with Gasteiger partial charge in [-0.1, -0.05) is 99.1 Å². The summed E-state index contributed by atoms with van der Waals surface area (Å²) in [5, 5.41) is 2.22. The number of fused-ring (bicyclic) bond motifs is 1. The predicted octanol–water partition coefficient (Wildman–Crippen LogP) is 7.49. The summed E-state index contributed by atoms with van der Waals surface area (Å²) in [6, 6.07) is 8.14. The second kappa shape index (κ2) is 14.9. The summed E-state index contributed by atoms with van der Waals surface area (Å²) in [5.74, 6) is -1.56. The highest BCUT2D eigenvalue weighted by atomic mass is 28.4. The van der Waals surface area contributed by atoms with Crippen molar-refractivity contribution >= 4 is 26.1 Å². The van der Waals surface area contributed by atoms with Gasteiger partial charge in [0.1, 0.15) is 5.75 Å². The van der Waals surface area contributed by atoms with Gasteiger partial charge in [0.2, 0.25) is 14.2 Å². The lowest BCUT2D eigenvalue weighted by Gasteiger charge is -2.61. The first-order valence-electron chi connectivity index (χ1n) is 17.8. The van der Waals surface area contributed by atoms with Crippen LogP contribution in [-0.4, -0.2) is 57.6 Å². The summed E-state index contributed by atoms with van der Waals surface area (Å²) in [5.41, 5.74) is -0.612. The molecule has 3 fully saturated rings. The summed E-state index contributed by atoms with van der Waals surface area (Å²) in [6.07, 6.45) is 7.41. The Bertz CT molecular complexity index is 1310. The monoisotopic (exact) mass is 689 g/mol. The number of rotatable bonds is 18. The molecule has 1 aromatic rings. The quantitative estimate of drug-likeness (QED) is 0.0550. The van der Waals surface area contributed by atoms with Crippen LogP contribution in [0, 0.1) is 10.8 Å². The molecular formula is C37H59NO9Si. The van der Waals surface area contributed by atoms with Crippen molar-refractivity contribution in [2.75, 3.05) is 19.8 Å². The molecule has 3 saturated heterocycles. The van der Waals surface area contributed by atoms with E-state index in [9.17, 15) is 14.4 Å². The van der Waals surface area contributed by atoms with Crippen LogP contribution in [0.15, 0.2) is 24.3 Å². The molecule has 0 radical (unpaired) electrons. The van der Waals surface area contributed by atoms with Crippen molar-refractivity contribution in [3.05, 3.63) is 29.8 Å². The second-order valence-electron chi connectivity index (χ2n) is 16.6. The predicted molar refractivity (Wildman–Crippen MR) is 184 cm³/mol. The molecule has 3 aliphatic heterocycles. The number of imide groups is 1. The van der Waals surface area contributed by atoms with E-state index in [1.165, 1.54) is 0 Å². The third-order valence-electron chi connectivity index (χ3n) is 10.8. The number of hydrogen-bond donors (Lipinski definition) is 1. The molecule has 0 saturated carbocycles. The maximum atomic E-state index is 11.9. The van der Waals surface area contributed by atoms with Crippen molar-refractivity contribution in [1.29, 1.82) is 0 Å². The van der Waals surface area contributed by atoms with E-state index in [4.69, 9.17) is 28.4 Å². The Morgan fingerprint density at radius 2 is 1.60 bits per heavy atom. The maximum absolute atomic E-state index is 11.9. The van der Waals surface area contributed by atoms with Crippen molar-refractivity contribution in [2.45, 2.75) is 148 Å². The highest BCUT2D eigenvalue weighted by Crippen LogP contribution is 2.69. The topological polar surface area (TPSA) is 119 Å². The lowest BCUT2D eigenvalue weighted by molar-refractivity contribution is -0.628. The fourth-order valence-electron chi connectivity index (χ4n) is 7.10. The van der Waals surface area contributed by atoms with Crippen LogP contribution in [-0.2, 0) is 44.2 Å². The first-order valence-corrected chi connectivity index (χ1v) is 20.7. The van der Waals surface area contributed by atoms with Crippen molar-refractivity contribution < 1.29 is 42.8 Å².